The van der Waals surface area contributed by atoms with Crippen LogP contribution in [0.4, 0.5) is 22.1 Å². The first-order valence-corrected chi connectivity index (χ1v) is 9.88. The van der Waals surface area contributed by atoms with Crippen molar-refractivity contribution in [2.24, 2.45) is 0 Å². The number of nitrogens with two attached hydrogens (primary N) is 1. The summed E-state index contributed by atoms with van der Waals surface area (Å²) in [5.41, 5.74) is 12.3. The molecule has 0 spiro atoms. The Labute approximate surface area is 176 Å². The third kappa shape index (κ3) is 5.05. The Balaban J connectivity index is 1.62. The lowest BCUT2D eigenvalue weighted by Crippen LogP contribution is -2.49. The third-order valence-electron chi connectivity index (χ3n) is 4.37. The molecule has 0 bridgehead atoms. The fraction of sp³-hybridized carbons (Fsp3) is 0.333. The fourth-order valence-corrected chi connectivity index (χ4v) is 3.11. The van der Waals surface area contributed by atoms with E-state index in [1.54, 1.807) is 36.1 Å². The zero-order valence-corrected chi connectivity index (χ0v) is 17.5. The number of carbonyl (C=O) groups is 2. The average molecular weight is 464 g/mol. The Kier molecular flexibility index (Phi) is 6.70. The summed E-state index contributed by atoms with van der Waals surface area (Å²) in [5.74, 6) is 0.525. The number of hydrogen-bond donors (Lipinski definition) is 3. The Morgan fingerprint density at radius 3 is 2.52 bits per heavy atom. The molecule has 3 rings (SSSR count). The first kappa shape index (κ1) is 20.6. The monoisotopic (exact) mass is 463 g/mol. The molecule has 4 N–H and O–H groups in total. The van der Waals surface area contributed by atoms with E-state index in [1.807, 2.05) is 4.90 Å². The van der Waals surface area contributed by atoms with E-state index in [4.69, 9.17) is 10.5 Å². The molecule has 1 aliphatic rings. The van der Waals surface area contributed by atoms with Gasteiger partial charge in [-0.25, -0.2) is 14.8 Å². The van der Waals surface area contributed by atoms with Gasteiger partial charge in [0.05, 0.1) is 6.61 Å². The minimum atomic E-state index is -0.319. The van der Waals surface area contributed by atoms with Gasteiger partial charge in [-0.2, -0.15) is 0 Å². The lowest BCUT2D eigenvalue weighted by Gasteiger charge is -2.35. The van der Waals surface area contributed by atoms with Crippen LogP contribution in [-0.2, 0) is 4.74 Å². The van der Waals surface area contributed by atoms with Crippen molar-refractivity contribution in [3.05, 3.63) is 40.6 Å². The molecule has 1 aliphatic heterocycles. The molecule has 1 saturated heterocycles. The van der Waals surface area contributed by atoms with Gasteiger partial charge in [-0.3, -0.25) is 15.6 Å². The van der Waals surface area contributed by atoms with Gasteiger partial charge in [0.1, 0.15) is 12.0 Å². The molecule has 2 aromatic rings. The second kappa shape index (κ2) is 9.41. The summed E-state index contributed by atoms with van der Waals surface area (Å²) in [5, 5.41) is 0. The van der Waals surface area contributed by atoms with E-state index in [9.17, 15) is 9.59 Å². The molecule has 0 unspecified atom stereocenters. The van der Waals surface area contributed by atoms with Crippen molar-refractivity contribution in [1.82, 2.24) is 20.3 Å². The van der Waals surface area contributed by atoms with Crippen molar-refractivity contribution in [3.8, 4) is 0 Å². The largest absolute Gasteiger partial charge is 0.450 e. The molecule has 2 amide bonds. The fourth-order valence-electron chi connectivity index (χ4n) is 2.84. The average Bonchev–Trinajstić information content (AvgIpc) is 2.73. The lowest BCUT2D eigenvalue weighted by molar-refractivity contribution is 0.0962. The van der Waals surface area contributed by atoms with Crippen LogP contribution in [0.25, 0.3) is 0 Å². The highest BCUT2D eigenvalue weighted by molar-refractivity contribution is 9.10. The van der Waals surface area contributed by atoms with Crippen LogP contribution in [0.1, 0.15) is 17.3 Å². The van der Waals surface area contributed by atoms with Gasteiger partial charge in [0.15, 0.2) is 11.6 Å². The van der Waals surface area contributed by atoms with Crippen molar-refractivity contribution < 1.29 is 14.3 Å². The molecule has 0 aliphatic carbocycles. The number of benzene rings is 1. The standard InChI is InChI=1S/C18H22BrN7O3/c1-2-29-18(28)26-9-7-25(8-10-26)16-14(20)15(21-11-22-16)23-24-17(27)12-3-5-13(19)6-4-12/h3-6,11H,2,7-10,20H2,1H3,(H,24,27)(H,21,22,23). The normalized spacial score (nSPS) is 13.7. The van der Waals surface area contributed by atoms with Gasteiger partial charge in [0, 0.05) is 36.2 Å². The van der Waals surface area contributed by atoms with Crippen LogP contribution in [0.3, 0.4) is 0 Å². The van der Waals surface area contributed by atoms with Crippen molar-refractivity contribution in [1.29, 1.82) is 0 Å². The lowest BCUT2D eigenvalue weighted by atomic mass is 10.2. The molecule has 0 atom stereocenters. The second-order valence-corrected chi connectivity index (χ2v) is 7.13. The molecular formula is C18H22BrN7O3. The van der Waals surface area contributed by atoms with Crippen LogP contribution in [0.2, 0.25) is 0 Å². The molecule has 1 aromatic carbocycles. The van der Waals surface area contributed by atoms with E-state index in [1.165, 1.54) is 6.33 Å². The van der Waals surface area contributed by atoms with Gasteiger partial charge in [-0.05, 0) is 31.2 Å². The summed E-state index contributed by atoms with van der Waals surface area (Å²) in [6.07, 6.45) is 1.05. The summed E-state index contributed by atoms with van der Waals surface area (Å²) < 4.78 is 5.91. The zero-order chi connectivity index (χ0) is 20.8. The quantitative estimate of drug-likeness (QED) is 0.573. The molecule has 2 heterocycles. The Morgan fingerprint density at radius 1 is 1.17 bits per heavy atom. The molecule has 1 fully saturated rings. The van der Waals surface area contributed by atoms with Crippen molar-refractivity contribution in [3.63, 3.8) is 0 Å². The maximum absolute atomic E-state index is 12.2. The number of nitrogen functional groups attached to an aromatic ring is 1. The van der Waals surface area contributed by atoms with Crippen molar-refractivity contribution in [2.45, 2.75) is 6.92 Å². The molecule has 11 heteroatoms. The maximum atomic E-state index is 12.2. The first-order valence-electron chi connectivity index (χ1n) is 9.08. The summed E-state index contributed by atoms with van der Waals surface area (Å²) >= 11 is 3.33. The second-order valence-electron chi connectivity index (χ2n) is 6.22. The molecule has 10 nitrogen and oxygen atoms in total. The van der Waals surface area contributed by atoms with Gasteiger partial charge < -0.3 is 20.3 Å². The maximum Gasteiger partial charge on any atom is 0.409 e. The minimum absolute atomic E-state index is 0.299. The number of anilines is 3. The number of nitrogens with one attached hydrogen (secondary N) is 2. The van der Waals surface area contributed by atoms with Gasteiger partial charge in [-0.1, -0.05) is 15.9 Å². The number of carbonyl (C=O) groups excluding carboxylic acids is 2. The van der Waals surface area contributed by atoms with Crippen molar-refractivity contribution >= 4 is 45.3 Å². The molecular weight excluding hydrogens is 442 g/mol. The van der Waals surface area contributed by atoms with Crippen LogP contribution in [0.5, 0.6) is 0 Å². The summed E-state index contributed by atoms with van der Waals surface area (Å²) in [6.45, 7) is 4.25. The summed E-state index contributed by atoms with van der Waals surface area (Å²) in [7, 11) is 0. The van der Waals surface area contributed by atoms with Crippen LogP contribution in [-0.4, -0.2) is 59.7 Å². The first-order chi connectivity index (χ1) is 14.0. The molecule has 29 heavy (non-hydrogen) atoms. The number of halogens is 1. The summed E-state index contributed by atoms with van der Waals surface area (Å²) in [6, 6.07) is 6.95. The smallest absolute Gasteiger partial charge is 0.409 e. The third-order valence-corrected chi connectivity index (χ3v) is 4.90. The predicted octanol–water partition coefficient (Wildman–Crippen LogP) is 1.86. The Hall–Kier alpha value is -3.08. The topological polar surface area (TPSA) is 126 Å². The highest BCUT2D eigenvalue weighted by Gasteiger charge is 2.24. The van der Waals surface area contributed by atoms with Gasteiger partial charge in [-0.15, -0.1) is 0 Å². The number of hydrazine groups is 1. The van der Waals surface area contributed by atoms with Gasteiger partial charge in [0.25, 0.3) is 5.91 Å². The number of piperazine rings is 1. The minimum Gasteiger partial charge on any atom is -0.450 e. The van der Waals surface area contributed by atoms with E-state index in [2.05, 4.69) is 36.7 Å². The van der Waals surface area contributed by atoms with E-state index in [0.29, 0.717) is 55.7 Å². The number of hydrogen-bond acceptors (Lipinski definition) is 8. The van der Waals surface area contributed by atoms with Crippen molar-refractivity contribution in [2.75, 3.05) is 48.8 Å². The molecule has 0 radical (unpaired) electrons. The molecule has 154 valence electrons. The van der Waals surface area contributed by atoms with E-state index < -0.39 is 0 Å². The highest BCUT2D eigenvalue weighted by atomic mass is 79.9. The van der Waals surface area contributed by atoms with E-state index >= 15 is 0 Å². The Bertz CT molecular complexity index is 870. The molecule has 1 aromatic heterocycles. The zero-order valence-electron chi connectivity index (χ0n) is 15.9. The predicted molar refractivity (Wildman–Crippen MR) is 112 cm³/mol. The van der Waals surface area contributed by atoms with Crippen LogP contribution in [0, 0.1) is 0 Å². The van der Waals surface area contributed by atoms with Crippen LogP contribution in [0.15, 0.2) is 35.1 Å². The van der Waals surface area contributed by atoms with Crippen LogP contribution < -0.4 is 21.5 Å². The van der Waals surface area contributed by atoms with Gasteiger partial charge in [0.2, 0.25) is 0 Å². The molecule has 0 saturated carbocycles. The van der Waals surface area contributed by atoms with E-state index in [0.717, 1.165) is 4.47 Å². The van der Waals surface area contributed by atoms with Crippen LogP contribution >= 0.6 is 15.9 Å². The Morgan fingerprint density at radius 2 is 1.86 bits per heavy atom. The number of rotatable bonds is 5. The number of amides is 2. The number of ether oxygens (including phenoxy) is 1. The van der Waals surface area contributed by atoms with E-state index in [-0.39, 0.29) is 12.0 Å². The number of aromatic nitrogens is 2. The SMILES string of the molecule is CCOC(=O)N1CCN(c2ncnc(NNC(=O)c3ccc(Br)cc3)c2N)CC1. The number of nitrogens with zero attached hydrogens (tertiary/aromatic N) is 4. The van der Waals surface area contributed by atoms with Gasteiger partial charge >= 0.3 is 6.09 Å². The summed E-state index contributed by atoms with van der Waals surface area (Å²) in [4.78, 5) is 36.1. The highest BCUT2D eigenvalue weighted by Crippen LogP contribution is 2.26.